The molecule has 0 fully saturated rings. The number of methoxy groups -OCH3 is 1. The van der Waals surface area contributed by atoms with Gasteiger partial charge in [-0.15, -0.1) is 11.3 Å². The van der Waals surface area contributed by atoms with Crippen molar-refractivity contribution >= 4 is 60.0 Å². The van der Waals surface area contributed by atoms with Gasteiger partial charge in [0.05, 0.1) is 12.7 Å². The lowest BCUT2D eigenvalue weighted by atomic mass is 10.1. The molecule has 128 valence electrons. The maximum atomic E-state index is 12.2. The summed E-state index contributed by atoms with van der Waals surface area (Å²) in [7, 11) is 1.56. The Morgan fingerprint density at radius 3 is 2.48 bits per heavy atom. The Morgan fingerprint density at radius 2 is 1.84 bits per heavy atom. The second-order valence-electron chi connectivity index (χ2n) is 5.12. The predicted molar refractivity (Wildman–Crippen MR) is 104 cm³/mol. The van der Waals surface area contributed by atoms with Crippen molar-refractivity contribution < 1.29 is 14.3 Å². The van der Waals surface area contributed by atoms with E-state index in [4.69, 9.17) is 10.5 Å². The second kappa shape index (κ2) is 7.12. The Balaban J connectivity index is 1.89. The van der Waals surface area contributed by atoms with Gasteiger partial charge in [-0.05, 0) is 42.5 Å². The number of nitrogens with two attached hydrogens (primary N) is 1. The van der Waals surface area contributed by atoms with E-state index in [-0.39, 0.29) is 5.56 Å². The third-order valence-corrected chi connectivity index (χ3v) is 5.07. The smallest absolute Gasteiger partial charge is 0.324 e. The number of benzene rings is 2. The number of rotatable bonds is 4. The van der Waals surface area contributed by atoms with E-state index < -0.39 is 11.9 Å². The van der Waals surface area contributed by atoms with Crippen molar-refractivity contribution in [2.24, 2.45) is 5.73 Å². The molecule has 0 saturated heterocycles. The monoisotopic (exact) mass is 419 g/mol. The van der Waals surface area contributed by atoms with E-state index in [1.54, 1.807) is 37.4 Å². The summed E-state index contributed by atoms with van der Waals surface area (Å²) in [5, 5.41) is 6.48. The normalized spacial score (nSPS) is 10.5. The number of urea groups is 1. The summed E-state index contributed by atoms with van der Waals surface area (Å²) in [5.41, 5.74) is 6.41. The fraction of sp³-hybridized carbons (Fsp3) is 0.0588. The molecular weight excluding hydrogens is 406 g/mol. The van der Waals surface area contributed by atoms with Gasteiger partial charge >= 0.3 is 6.03 Å². The van der Waals surface area contributed by atoms with Crippen LogP contribution in [0, 0.1) is 0 Å². The molecule has 3 amide bonds. The van der Waals surface area contributed by atoms with E-state index in [1.807, 2.05) is 12.1 Å². The van der Waals surface area contributed by atoms with Crippen LogP contribution in [-0.4, -0.2) is 19.0 Å². The molecule has 6 nitrogen and oxygen atoms in total. The van der Waals surface area contributed by atoms with Crippen molar-refractivity contribution in [2.75, 3.05) is 17.7 Å². The molecule has 0 saturated carbocycles. The van der Waals surface area contributed by atoms with Crippen LogP contribution in [0.4, 0.5) is 15.5 Å². The number of amides is 3. The molecule has 25 heavy (non-hydrogen) atoms. The van der Waals surface area contributed by atoms with Crippen molar-refractivity contribution in [2.45, 2.75) is 0 Å². The van der Waals surface area contributed by atoms with E-state index in [9.17, 15) is 9.59 Å². The maximum absolute atomic E-state index is 12.2. The summed E-state index contributed by atoms with van der Waals surface area (Å²) in [6.07, 6.45) is 0. The van der Waals surface area contributed by atoms with Gasteiger partial charge in [-0.25, -0.2) is 4.79 Å². The molecule has 8 heteroatoms. The highest BCUT2D eigenvalue weighted by atomic mass is 79.9. The molecule has 0 aliphatic heterocycles. The molecule has 3 rings (SSSR count). The lowest BCUT2D eigenvalue weighted by molar-refractivity contribution is 0.100. The minimum absolute atomic E-state index is 0.286. The van der Waals surface area contributed by atoms with Gasteiger partial charge in [-0.3, -0.25) is 10.1 Å². The number of primary amides is 1. The van der Waals surface area contributed by atoms with Crippen LogP contribution in [0.15, 0.2) is 46.9 Å². The Morgan fingerprint density at radius 1 is 1.12 bits per heavy atom. The van der Waals surface area contributed by atoms with Crippen molar-refractivity contribution in [3.63, 3.8) is 0 Å². The van der Waals surface area contributed by atoms with Gasteiger partial charge in [0.1, 0.15) is 10.8 Å². The zero-order valence-corrected chi connectivity index (χ0v) is 15.5. The van der Waals surface area contributed by atoms with Crippen molar-refractivity contribution in [3.05, 3.63) is 52.5 Å². The van der Waals surface area contributed by atoms with Crippen LogP contribution in [0.3, 0.4) is 0 Å². The van der Waals surface area contributed by atoms with Crippen LogP contribution < -0.4 is 21.1 Å². The third-order valence-electron chi connectivity index (χ3n) is 3.47. The molecule has 0 unspecified atom stereocenters. The zero-order chi connectivity index (χ0) is 18.0. The highest BCUT2D eigenvalue weighted by Gasteiger charge is 2.19. The molecule has 2 aromatic carbocycles. The summed E-state index contributed by atoms with van der Waals surface area (Å²) >= 11 is 4.60. The van der Waals surface area contributed by atoms with E-state index in [1.165, 1.54) is 11.3 Å². The number of halogens is 1. The van der Waals surface area contributed by atoms with Gasteiger partial charge < -0.3 is 15.8 Å². The first-order valence-electron chi connectivity index (χ1n) is 7.22. The first-order chi connectivity index (χ1) is 12.0. The fourth-order valence-corrected chi connectivity index (χ4v) is 3.73. The van der Waals surface area contributed by atoms with Gasteiger partial charge in [-0.1, -0.05) is 15.9 Å². The Kier molecular flexibility index (Phi) is 4.91. The summed E-state index contributed by atoms with van der Waals surface area (Å²) in [6, 6.07) is 12.0. The number of nitrogens with one attached hydrogen (secondary N) is 2. The second-order valence-corrected chi connectivity index (χ2v) is 7.09. The minimum Gasteiger partial charge on any atom is -0.497 e. The lowest BCUT2D eigenvalue weighted by Crippen LogP contribution is -2.21. The van der Waals surface area contributed by atoms with E-state index >= 15 is 0 Å². The summed E-state index contributed by atoms with van der Waals surface area (Å²) in [4.78, 5) is 24.1. The van der Waals surface area contributed by atoms with Gasteiger partial charge in [0.15, 0.2) is 0 Å². The average molecular weight is 420 g/mol. The SMILES string of the molecule is COc1ccc2c(C(N)=O)c(NC(=O)Nc3ccc(Br)cc3)sc2c1. The van der Waals surface area contributed by atoms with Crippen LogP contribution in [0.1, 0.15) is 10.4 Å². The molecule has 0 radical (unpaired) electrons. The van der Waals surface area contributed by atoms with Gasteiger partial charge in [0.2, 0.25) is 0 Å². The highest BCUT2D eigenvalue weighted by molar-refractivity contribution is 9.10. The van der Waals surface area contributed by atoms with Crippen LogP contribution >= 0.6 is 27.3 Å². The summed E-state index contributed by atoms with van der Waals surface area (Å²) in [5.74, 6) is 0.0611. The van der Waals surface area contributed by atoms with Crippen LogP contribution in [0.2, 0.25) is 0 Å². The fourth-order valence-electron chi connectivity index (χ4n) is 2.34. The van der Waals surface area contributed by atoms with E-state index in [0.717, 1.165) is 9.17 Å². The molecule has 1 aromatic heterocycles. The third kappa shape index (κ3) is 3.75. The number of carbonyl (C=O) groups excluding carboxylic acids is 2. The Labute approximate surface area is 156 Å². The lowest BCUT2D eigenvalue weighted by Gasteiger charge is -2.07. The number of hydrogen-bond donors (Lipinski definition) is 3. The van der Waals surface area contributed by atoms with Gasteiger partial charge in [0.25, 0.3) is 5.91 Å². The largest absolute Gasteiger partial charge is 0.497 e. The Bertz CT molecular complexity index is 954. The first kappa shape index (κ1) is 17.2. The summed E-state index contributed by atoms with van der Waals surface area (Å²) < 4.78 is 6.90. The molecule has 0 atom stereocenters. The number of carbonyl (C=O) groups is 2. The van der Waals surface area contributed by atoms with Gasteiger partial charge in [0, 0.05) is 20.2 Å². The van der Waals surface area contributed by atoms with E-state index in [2.05, 4.69) is 26.6 Å². The molecule has 4 N–H and O–H groups in total. The molecule has 0 aliphatic carbocycles. The number of thiophene rings is 1. The molecular formula is C17H14BrN3O3S. The van der Waals surface area contributed by atoms with Crippen LogP contribution in [0.25, 0.3) is 10.1 Å². The van der Waals surface area contributed by atoms with E-state index in [0.29, 0.717) is 21.8 Å². The minimum atomic E-state index is -0.602. The average Bonchev–Trinajstić information content (AvgIpc) is 2.93. The predicted octanol–water partition coefficient (Wildman–Crippen LogP) is 4.42. The summed E-state index contributed by atoms with van der Waals surface area (Å²) in [6.45, 7) is 0. The molecule has 3 aromatic rings. The van der Waals surface area contributed by atoms with Crippen molar-refractivity contribution in [3.8, 4) is 5.75 Å². The zero-order valence-electron chi connectivity index (χ0n) is 13.1. The standard InChI is InChI=1S/C17H14BrN3O3S/c1-24-11-6-7-12-13(8-11)25-16(14(12)15(19)22)21-17(23)20-10-4-2-9(18)3-5-10/h2-8H,1H3,(H2,19,22)(H2,20,21,23). The molecule has 0 bridgehead atoms. The maximum Gasteiger partial charge on any atom is 0.324 e. The quantitative estimate of drug-likeness (QED) is 0.584. The van der Waals surface area contributed by atoms with Crippen molar-refractivity contribution in [1.82, 2.24) is 0 Å². The topological polar surface area (TPSA) is 93.4 Å². The van der Waals surface area contributed by atoms with Crippen LogP contribution in [0.5, 0.6) is 5.75 Å². The highest BCUT2D eigenvalue weighted by Crippen LogP contribution is 2.37. The molecule has 0 aliphatic rings. The number of ether oxygens (including phenoxy) is 1. The van der Waals surface area contributed by atoms with Crippen LogP contribution in [-0.2, 0) is 0 Å². The number of fused-ring (bicyclic) bond motifs is 1. The van der Waals surface area contributed by atoms with Gasteiger partial charge in [-0.2, -0.15) is 0 Å². The number of anilines is 2. The van der Waals surface area contributed by atoms with Crippen molar-refractivity contribution in [1.29, 1.82) is 0 Å². The Hall–Kier alpha value is -2.58. The first-order valence-corrected chi connectivity index (χ1v) is 8.83. The molecule has 0 spiro atoms. The molecule has 1 heterocycles. The number of hydrogen-bond acceptors (Lipinski definition) is 4.